The summed E-state index contributed by atoms with van der Waals surface area (Å²) in [5.74, 6) is 6.72. The molecule has 1 aromatic heterocycles. The van der Waals surface area contributed by atoms with Gasteiger partial charge in [-0.2, -0.15) is 0 Å². The topological polar surface area (TPSA) is 91.9 Å². The van der Waals surface area contributed by atoms with E-state index in [1.165, 1.54) is 27.8 Å². The highest BCUT2D eigenvalue weighted by Gasteiger charge is 2.25. The van der Waals surface area contributed by atoms with Crippen molar-refractivity contribution in [3.05, 3.63) is 99.3 Å². The smallest absolute Gasteiger partial charge is 0.338 e. The summed E-state index contributed by atoms with van der Waals surface area (Å²) >= 11 is 6.36. The number of ether oxygens (including phenoxy) is 1. The van der Waals surface area contributed by atoms with E-state index in [4.69, 9.17) is 27.1 Å². The molecule has 0 bridgehead atoms. The Balaban J connectivity index is 1.16. The number of aromatic nitrogens is 1. The van der Waals surface area contributed by atoms with Crippen molar-refractivity contribution in [1.82, 2.24) is 14.9 Å². The maximum Gasteiger partial charge on any atom is 0.338 e. The lowest BCUT2D eigenvalue weighted by molar-refractivity contribution is -0.0372. The second-order valence-electron chi connectivity index (χ2n) is 10.0. The van der Waals surface area contributed by atoms with Gasteiger partial charge in [0.25, 0.3) is 0 Å². The highest BCUT2D eigenvalue weighted by atomic mass is 35.5. The maximum atomic E-state index is 10.8. The fourth-order valence-electron chi connectivity index (χ4n) is 5.29. The minimum atomic E-state index is -0.885. The van der Waals surface area contributed by atoms with Crippen LogP contribution in [0.2, 0.25) is 5.02 Å². The third kappa shape index (κ3) is 6.83. The highest BCUT2D eigenvalue weighted by molar-refractivity contribution is 6.30. The van der Waals surface area contributed by atoms with Crippen LogP contribution >= 0.6 is 11.6 Å². The number of hydrogen-bond donors (Lipinski definition) is 2. The number of nitrogens with zero attached hydrogens (tertiary/aromatic N) is 3. The second-order valence-corrected chi connectivity index (χ2v) is 10.5. The van der Waals surface area contributed by atoms with Gasteiger partial charge < -0.3 is 10.5 Å². The molecule has 2 amide bonds. The molecule has 2 aromatic carbocycles. The Bertz CT molecular complexity index is 1450. The molecule has 40 heavy (non-hydrogen) atoms. The number of urea groups is 1. The van der Waals surface area contributed by atoms with E-state index >= 15 is 0 Å². The minimum Gasteiger partial charge on any atom is -0.492 e. The highest BCUT2D eigenvalue weighted by Crippen LogP contribution is 2.38. The zero-order chi connectivity index (χ0) is 27.9. The van der Waals surface area contributed by atoms with Crippen LogP contribution in [0.15, 0.2) is 66.4 Å². The number of amides is 2. The summed E-state index contributed by atoms with van der Waals surface area (Å²) in [6.45, 7) is 3.53. The molecule has 5 rings (SSSR count). The van der Waals surface area contributed by atoms with Gasteiger partial charge >= 0.3 is 6.03 Å². The second kappa shape index (κ2) is 13.0. The number of piperidine rings is 1. The number of hydrogen-bond acceptors (Lipinski definition) is 5. The van der Waals surface area contributed by atoms with Gasteiger partial charge in [-0.15, -0.1) is 0 Å². The van der Waals surface area contributed by atoms with Gasteiger partial charge in [0.1, 0.15) is 12.4 Å². The SMILES string of the molecule is NC(=O)N(O)CCC#Cc1ccc(OCCN2CCC(=C3c4ccc(Cl)cc4CCc4cccnc43)CC2)cc1. The summed E-state index contributed by atoms with van der Waals surface area (Å²) < 4.78 is 6.00. The van der Waals surface area contributed by atoms with Crippen LogP contribution in [0.25, 0.3) is 5.57 Å². The van der Waals surface area contributed by atoms with Gasteiger partial charge in [-0.1, -0.05) is 41.1 Å². The molecule has 0 saturated carbocycles. The summed E-state index contributed by atoms with van der Waals surface area (Å²) in [6.07, 6.45) is 6.20. The van der Waals surface area contributed by atoms with Gasteiger partial charge in [0.2, 0.25) is 0 Å². The van der Waals surface area contributed by atoms with E-state index in [9.17, 15) is 10.0 Å². The zero-order valence-corrected chi connectivity index (χ0v) is 23.2. The Kier molecular flexibility index (Phi) is 9.02. The van der Waals surface area contributed by atoms with Crippen LogP contribution < -0.4 is 10.5 Å². The van der Waals surface area contributed by atoms with Crippen molar-refractivity contribution in [3.63, 3.8) is 0 Å². The largest absolute Gasteiger partial charge is 0.492 e. The van der Waals surface area contributed by atoms with Crippen molar-refractivity contribution >= 4 is 23.2 Å². The minimum absolute atomic E-state index is 0.0744. The molecule has 8 heteroatoms. The van der Waals surface area contributed by atoms with E-state index in [1.54, 1.807) is 0 Å². The fraction of sp³-hybridized carbons (Fsp3) is 0.312. The number of rotatable bonds is 6. The molecule has 0 radical (unpaired) electrons. The van der Waals surface area contributed by atoms with Gasteiger partial charge in [0.15, 0.2) is 0 Å². The molecule has 1 fully saturated rings. The van der Waals surface area contributed by atoms with Gasteiger partial charge in [-0.3, -0.25) is 15.1 Å². The van der Waals surface area contributed by atoms with Crippen molar-refractivity contribution in [1.29, 1.82) is 0 Å². The monoisotopic (exact) mass is 556 g/mol. The van der Waals surface area contributed by atoms with Crippen molar-refractivity contribution in [2.24, 2.45) is 5.73 Å². The molecular formula is C32H33ClN4O3. The van der Waals surface area contributed by atoms with E-state index in [-0.39, 0.29) is 6.54 Å². The number of carbonyl (C=O) groups excluding carboxylic acids is 1. The first-order valence-electron chi connectivity index (χ1n) is 13.6. The van der Waals surface area contributed by atoms with Gasteiger partial charge in [-0.05, 0) is 84.8 Å². The van der Waals surface area contributed by atoms with Crippen LogP contribution in [0.1, 0.15) is 47.2 Å². The lowest BCUT2D eigenvalue weighted by Crippen LogP contribution is -2.34. The Morgan fingerprint density at radius 1 is 1.07 bits per heavy atom. The molecule has 1 aliphatic carbocycles. The first-order valence-corrected chi connectivity index (χ1v) is 14.0. The van der Waals surface area contributed by atoms with Crippen LogP contribution in [-0.2, 0) is 12.8 Å². The van der Waals surface area contributed by atoms with E-state index in [2.05, 4.69) is 34.9 Å². The molecule has 2 aliphatic rings. The first-order chi connectivity index (χ1) is 19.5. The number of nitrogens with two attached hydrogens (primary N) is 1. The van der Waals surface area contributed by atoms with Crippen LogP contribution in [0, 0.1) is 11.8 Å². The Morgan fingerprint density at radius 2 is 1.85 bits per heavy atom. The molecule has 1 aliphatic heterocycles. The number of halogens is 1. The molecular weight excluding hydrogens is 524 g/mol. The zero-order valence-electron chi connectivity index (χ0n) is 22.4. The summed E-state index contributed by atoms with van der Waals surface area (Å²) in [7, 11) is 0. The molecule has 206 valence electrons. The summed E-state index contributed by atoms with van der Waals surface area (Å²) in [4.78, 5) is 18.1. The Labute approximate surface area is 240 Å². The molecule has 7 nitrogen and oxygen atoms in total. The summed E-state index contributed by atoms with van der Waals surface area (Å²) in [5, 5.41) is 10.5. The molecule has 0 atom stereocenters. The van der Waals surface area contributed by atoms with Crippen LogP contribution in [0.4, 0.5) is 4.79 Å². The molecule has 3 N–H and O–H groups in total. The quantitative estimate of drug-likeness (QED) is 0.243. The van der Waals surface area contributed by atoms with Crippen LogP contribution in [0.5, 0.6) is 5.75 Å². The lowest BCUT2D eigenvalue weighted by atomic mass is 9.88. The van der Waals surface area contributed by atoms with Crippen LogP contribution in [-0.4, -0.2) is 59.0 Å². The third-order valence-corrected chi connectivity index (χ3v) is 7.64. The average molecular weight is 557 g/mol. The molecule has 0 unspecified atom stereocenters. The number of hydroxylamine groups is 2. The molecule has 2 heterocycles. The van der Waals surface area contributed by atoms with Crippen molar-refractivity contribution in [3.8, 4) is 17.6 Å². The van der Waals surface area contributed by atoms with E-state index in [0.717, 1.165) is 67.3 Å². The summed E-state index contributed by atoms with van der Waals surface area (Å²) in [5.41, 5.74) is 13.6. The van der Waals surface area contributed by atoms with E-state index < -0.39 is 6.03 Å². The Hall–Kier alpha value is -3.83. The number of benzene rings is 2. The molecule has 0 spiro atoms. The predicted molar refractivity (Wildman–Crippen MR) is 156 cm³/mol. The number of aryl methyl sites for hydroxylation is 2. The fourth-order valence-corrected chi connectivity index (χ4v) is 5.49. The van der Waals surface area contributed by atoms with Crippen molar-refractivity contribution in [2.45, 2.75) is 32.1 Å². The number of carbonyl (C=O) groups is 1. The lowest BCUT2D eigenvalue weighted by Gasteiger charge is -2.30. The Morgan fingerprint density at radius 3 is 2.62 bits per heavy atom. The maximum absolute atomic E-state index is 10.8. The number of fused-ring (bicyclic) bond motifs is 2. The first kappa shape index (κ1) is 27.7. The number of primary amides is 1. The normalized spacial score (nSPS) is 14.8. The predicted octanol–water partition coefficient (Wildman–Crippen LogP) is 5.32. The van der Waals surface area contributed by atoms with Gasteiger partial charge in [0, 0.05) is 48.4 Å². The number of likely N-dealkylation sites (tertiary alicyclic amines) is 1. The summed E-state index contributed by atoms with van der Waals surface area (Å²) in [6, 6.07) is 17.3. The van der Waals surface area contributed by atoms with Crippen LogP contribution in [0.3, 0.4) is 0 Å². The molecule has 3 aromatic rings. The average Bonchev–Trinajstić information content (AvgIpc) is 3.13. The van der Waals surface area contributed by atoms with Gasteiger partial charge in [-0.25, -0.2) is 9.86 Å². The number of pyridine rings is 1. The van der Waals surface area contributed by atoms with Crippen molar-refractivity contribution in [2.75, 3.05) is 32.8 Å². The van der Waals surface area contributed by atoms with Crippen molar-refractivity contribution < 1.29 is 14.7 Å². The third-order valence-electron chi connectivity index (χ3n) is 7.41. The molecule has 1 saturated heterocycles. The van der Waals surface area contributed by atoms with E-state index in [0.29, 0.717) is 18.1 Å². The standard InChI is InChI=1S/C32H33ClN4O3/c33-27-10-13-29-26(22-27)9-8-25-5-3-16-35-31(25)30(29)24-14-18-36(19-15-24)20-21-40-28-11-6-23(7-12-28)4-1-2-17-37(39)32(34)38/h3,5-7,10-13,16,22,39H,2,8-9,14-15,17-21H2,(H2,34,38). The van der Waals surface area contributed by atoms with E-state index in [1.807, 2.05) is 42.6 Å². The van der Waals surface area contributed by atoms with Gasteiger partial charge in [0.05, 0.1) is 12.2 Å².